The summed E-state index contributed by atoms with van der Waals surface area (Å²) in [6.07, 6.45) is 39.3. The molecule has 0 aromatic carbocycles. The summed E-state index contributed by atoms with van der Waals surface area (Å²) in [4.78, 5) is 27.8. The van der Waals surface area contributed by atoms with Crippen LogP contribution in [0.25, 0.3) is 0 Å². The van der Waals surface area contributed by atoms with Crippen LogP contribution in [0.15, 0.2) is 0 Å². The number of hydrogen-bond donors (Lipinski definition) is 0. The summed E-state index contributed by atoms with van der Waals surface area (Å²) < 4.78 is 11.6. The number of carbonyl (C=O) groups is 2. The molecule has 1 atom stereocenters. The summed E-state index contributed by atoms with van der Waals surface area (Å²) in [5, 5.41) is 0. The lowest BCUT2D eigenvalue weighted by atomic mass is 9.72. The molecule has 1 fully saturated rings. The Kier molecular flexibility index (Phi) is 31.6. The number of likely N-dealkylation sites (tertiary alicyclic amines) is 1. The topological polar surface area (TPSA) is 55.8 Å². The smallest absolute Gasteiger partial charge is 0.306 e. The molecule has 0 spiro atoms. The van der Waals surface area contributed by atoms with E-state index < -0.39 is 0 Å². The average molecular weight is 706 g/mol. The Hall–Kier alpha value is -1.10. The van der Waals surface area contributed by atoms with Gasteiger partial charge in [-0.1, -0.05) is 156 Å². The van der Waals surface area contributed by atoms with Crippen molar-refractivity contribution in [3.8, 4) is 0 Å². The third kappa shape index (κ3) is 26.6. The van der Waals surface area contributed by atoms with E-state index in [1.165, 1.54) is 167 Å². The van der Waals surface area contributed by atoms with Gasteiger partial charge in [-0.2, -0.15) is 0 Å². The predicted octanol–water partition coefficient (Wildman–Crippen LogP) is 13.7. The summed E-state index contributed by atoms with van der Waals surface area (Å²) in [6.45, 7) is 13.3. The zero-order valence-electron chi connectivity index (χ0n) is 34.3. The van der Waals surface area contributed by atoms with Crippen LogP contribution in [0.4, 0.5) is 0 Å². The van der Waals surface area contributed by atoms with E-state index in [2.05, 4.69) is 32.6 Å². The predicted molar refractivity (Wildman–Crippen MR) is 215 cm³/mol. The highest BCUT2D eigenvalue weighted by atomic mass is 16.5. The molecule has 1 heterocycles. The van der Waals surface area contributed by atoms with E-state index in [1.54, 1.807) is 0 Å². The maximum absolute atomic E-state index is 12.9. The molecule has 1 aliphatic heterocycles. The number of nitrogens with zero attached hydrogens (tertiary/aromatic N) is 1. The number of carbonyl (C=O) groups excluding carboxylic acids is 2. The second-order valence-electron chi connectivity index (χ2n) is 16.2. The molecule has 0 aromatic rings. The molecule has 1 aliphatic rings. The molecule has 0 bridgehead atoms. The summed E-state index contributed by atoms with van der Waals surface area (Å²) in [5.74, 6) is 0.0348. The Balaban J connectivity index is 2.36. The minimum absolute atomic E-state index is 0.00446. The van der Waals surface area contributed by atoms with Gasteiger partial charge in [-0.3, -0.25) is 9.59 Å². The fourth-order valence-electron chi connectivity index (χ4n) is 8.13. The van der Waals surface area contributed by atoms with Gasteiger partial charge in [0.2, 0.25) is 0 Å². The molecule has 0 saturated carbocycles. The van der Waals surface area contributed by atoms with Gasteiger partial charge in [0.05, 0.1) is 6.61 Å². The lowest BCUT2D eigenvalue weighted by Gasteiger charge is -2.43. The van der Waals surface area contributed by atoms with Crippen LogP contribution in [-0.4, -0.2) is 49.2 Å². The van der Waals surface area contributed by atoms with Crippen LogP contribution in [-0.2, 0) is 19.1 Å². The molecule has 5 heteroatoms. The maximum atomic E-state index is 12.9. The summed E-state index contributed by atoms with van der Waals surface area (Å²) >= 11 is 0. The highest BCUT2D eigenvalue weighted by Gasteiger charge is 2.34. The Morgan fingerprint density at radius 3 is 1.54 bits per heavy atom. The number of esters is 2. The van der Waals surface area contributed by atoms with E-state index in [0.717, 1.165) is 51.5 Å². The summed E-state index contributed by atoms with van der Waals surface area (Å²) in [6, 6.07) is 0. The molecular weight excluding hydrogens is 618 g/mol. The van der Waals surface area contributed by atoms with Crippen molar-refractivity contribution in [3.05, 3.63) is 0 Å². The molecule has 0 N–H and O–H groups in total. The number of unbranched alkanes of at least 4 members (excludes halogenated alkanes) is 20. The normalized spacial score (nSPS) is 16.7. The van der Waals surface area contributed by atoms with Gasteiger partial charge >= 0.3 is 11.9 Å². The fourth-order valence-corrected chi connectivity index (χ4v) is 8.13. The molecular formula is C45H87NO4. The van der Waals surface area contributed by atoms with Crippen LogP contribution >= 0.6 is 0 Å². The maximum Gasteiger partial charge on any atom is 0.306 e. The Labute approximate surface area is 312 Å². The van der Waals surface area contributed by atoms with Crippen molar-refractivity contribution in [2.24, 2.45) is 5.41 Å². The van der Waals surface area contributed by atoms with Crippen molar-refractivity contribution in [2.75, 3.05) is 26.2 Å². The molecule has 296 valence electrons. The van der Waals surface area contributed by atoms with E-state index in [9.17, 15) is 9.59 Å². The van der Waals surface area contributed by atoms with Crippen molar-refractivity contribution >= 4 is 11.9 Å². The lowest BCUT2D eigenvalue weighted by Crippen LogP contribution is -2.43. The first-order valence-corrected chi connectivity index (χ1v) is 22.6. The molecule has 50 heavy (non-hydrogen) atoms. The monoisotopic (exact) mass is 706 g/mol. The van der Waals surface area contributed by atoms with Crippen LogP contribution in [0.1, 0.15) is 240 Å². The minimum Gasteiger partial charge on any atom is -0.466 e. The first-order valence-electron chi connectivity index (χ1n) is 22.6. The quantitative estimate of drug-likeness (QED) is 0.0480. The molecule has 0 aromatic heterocycles. The third-order valence-corrected chi connectivity index (χ3v) is 11.4. The van der Waals surface area contributed by atoms with Gasteiger partial charge in [0, 0.05) is 19.4 Å². The Morgan fingerprint density at radius 1 is 0.560 bits per heavy atom. The lowest BCUT2D eigenvalue weighted by molar-refractivity contribution is -0.150. The highest BCUT2D eigenvalue weighted by Crippen LogP contribution is 2.40. The van der Waals surface area contributed by atoms with Crippen molar-refractivity contribution in [1.29, 1.82) is 0 Å². The second kappa shape index (κ2) is 33.7. The molecule has 0 amide bonds. The third-order valence-electron chi connectivity index (χ3n) is 11.4. The standard InChI is InChI=1S/C45H87NO4/c1-5-9-12-15-18-21-30-40-49-43(47)34-26-22-28-36-45(38-31-39-46(8-4)41-45)37-29-23-27-35-44(48)50-42(32-24-19-16-13-10-6-2)33-25-20-17-14-11-7-3/h42H,5-41H2,1-4H3. The van der Waals surface area contributed by atoms with Crippen LogP contribution < -0.4 is 0 Å². The second-order valence-corrected chi connectivity index (χ2v) is 16.2. The number of ether oxygens (including phenoxy) is 2. The molecule has 5 nitrogen and oxygen atoms in total. The largest absolute Gasteiger partial charge is 0.466 e. The summed E-state index contributed by atoms with van der Waals surface area (Å²) in [5.41, 5.74) is 0.395. The van der Waals surface area contributed by atoms with E-state index in [4.69, 9.17) is 9.47 Å². The minimum atomic E-state index is -0.00446. The van der Waals surface area contributed by atoms with Crippen LogP contribution in [0.3, 0.4) is 0 Å². The first-order chi connectivity index (χ1) is 24.5. The average Bonchev–Trinajstić information content (AvgIpc) is 3.12. The van der Waals surface area contributed by atoms with Crippen molar-refractivity contribution in [3.63, 3.8) is 0 Å². The first kappa shape index (κ1) is 46.9. The van der Waals surface area contributed by atoms with Gasteiger partial charge in [-0.25, -0.2) is 0 Å². The van der Waals surface area contributed by atoms with E-state index in [0.29, 0.717) is 24.9 Å². The van der Waals surface area contributed by atoms with Gasteiger partial charge < -0.3 is 14.4 Å². The fraction of sp³-hybridized carbons (Fsp3) is 0.956. The summed E-state index contributed by atoms with van der Waals surface area (Å²) in [7, 11) is 0. The van der Waals surface area contributed by atoms with Gasteiger partial charge in [0.25, 0.3) is 0 Å². The van der Waals surface area contributed by atoms with Gasteiger partial charge in [0.1, 0.15) is 6.10 Å². The van der Waals surface area contributed by atoms with Gasteiger partial charge in [-0.15, -0.1) is 0 Å². The molecule has 1 rings (SSSR count). The molecule has 1 saturated heterocycles. The SMILES string of the molecule is CCCCCCCCCOC(=O)CCCCCC1(CCCCCC(=O)OC(CCCCCCCC)CCCCCCCC)CCCN(CC)C1. The molecule has 0 aliphatic carbocycles. The zero-order chi connectivity index (χ0) is 36.4. The molecule has 1 unspecified atom stereocenters. The van der Waals surface area contributed by atoms with Gasteiger partial charge in [-0.05, 0) is 89.1 Å². The number of hydrogen-bond acceptors (Lipinski definition) is 5. The zero-order valence-corrected chi connectivity index (χ0v) is 34.3. The van der Waals surface area contributed by atoms with E-state index in [1.807, 2.05) is 0 Å². The van der Waals surface area contributed by atoms with Crippen molar-refractivity contribution < 1.29 is 19.1 Å². The Morgan fingerprint density at radius 2 is 1.02 bits per heavy atom. The van der Waals surface area contributed by atoms with Crippen LogP contribution in [0, 0.1) is 5.41 Å². The Bertz CT molecular complexity index is 756. The molecule has 0 radical (unpaired) electrons. The van der Waals surface area contributed by atoms with Crippen LogP contribution in [0.2, 0.25) is 0 Å². The highest BCUT2D eigenvalue weighted by molar-refractivity contribution is 5.69. The number of piperidine rings is 1. The van der Waals surface area contributed by atoms with Crippen LogP contribution in [0.5, 0.6) is 0 Å². The number of rotatable bonds is 36. The van der Waals surface area contributed by atoms with Crippen molar-refractivity contribution in [1.82, 2.24) is 4.90 Å². The van der Waals surface area contributed by atoms with E-state index >= 15 is 0 Å². The van der Waals surface area contributed by atoms with E-state index in [-0.39, 0.29) is 18.0 Å². The van der Waals surface area contributed by atoms with Crippen molar-refractivity contribution in [2.45, 2.75) is 246 Å². The van der Waals surface area contributed by atoms with Gasteiger partial charge in [0.15, 0.2) is 0 Å².